The number of halogens is 1. The Morgan fingerprint density at radius 3 is 2.18 bits per heavy atom. The van der Waals surface area contributed by atoms with Gasteiger partial charge in [0.05, 0.1) is 14.2 Å². The molecular formula is C22H22FNO4. The van der Waals surface area contributed by atoms with Crippen LogP contribution in [0.4, 0.5) is 4.39 Å². The van der Waals surface area contributed by atoms with Gasteiger partial charge in [-0.1, -0.05) is 6.07 Å². The van der Waals surface area contributed by atoms with Crippen molar-refractivity contribution in [2.24, 2.45) is 0 Å². The molecule has 2 aromatic carbocycles. The maximum atomic E-state index is 13.2. The molecule has 0 aliphatic heterocycles. The lowest BCUT2D eigenvalue weighted by Crippen LogP contribution is -2.13. The molecule has 0 aliphatic carbocycles. The van der Waals surface area contributed by atoms with Crippen LogP contribution in [-0.2, 0) is 0 Å². The third-order valence-corrected chi connectivity index (χ3v) is 4.55. The summed E-state index contributed by atoms with van der Waals surface area (Å²) >= 11 is 0. The molecule has 0 bridgehead atoms. The van der Waals surface area contributed by atoms with Crippen molar-refractivity contribution < 1.29 is 23.4 Å². The summed E-state index contributed by atoms with van der Waals surface area (Å²) in [5.41, 5.74) is 2.99. The number of nitrogens with zero attached hydrogens (tertiary/aromatic N) is 1. The van der Waals surface area contributed by atoms with Crippen molar-refractivity contribution in [3.8, 4) is 22.9 Å². The first-order chi connectivity index (χ1) is 13.5. The zero-order valence-corrected chi connectivity index (χ0v) is 16.3. The third kappa shape index (κ3) is 3.71. The standard InChI is InChI=1S/C22H22FNO4/c1-14-12-18(15(2)24(14)17-10-8-16(23)9-11-17)19(25)13-28-22-20(26-3)6-5-7-21(22)27-4/h5-12H,13H2,1-4H3. The fourth-order valence-corrected chi connectivity index (χ4v) is 3.21. The summed E-state index contributed by atoms with van der Waals surface area (Å²) in [6, 6.07) is 13.2. The second-order valence-electron chi connectivity index (χ2n) is 6.30. The Labute approximate surface area is 163 Å². The molecule has 0 amide bonds. The molecule has 0 spiro atoms. The number of ether oxygens (including phenoxy) is 3. The van der Waals surface area contributed by atoms with E-state index in [0.717, 1.165) is 17.1 Å². The van der Waals surface area contributed by atoms with Crippen LogP contribution in [0.15, 0.2) is 48.5 Å². The van der Waals surface area contributed by atoms with Crippen molar-refractivity contribution >= 4 is 5.78 Å². The van der Waals surface area contributed by atoms with Crippen LogP contribution in [0.25, 0.3) is 5.69 Å². The van der Waals surface area contributed by atoms with E-state index >= 15 is 0 Å². The highest BCUT2D eigenvalue weighted by Crippen LogP contribution is 2.36. The Bertz CT molecular complexity index is 970. The summed E-state index contributed by atoms with van der Waals surface area (Å²) in [7, 11) is 3.06. The number of hydrogen-bond donors (Lipinski definition) is 0. The summed E-state index contributed by atoms with van der Waals surface area (Å²) in [5.74, 6) is 0.886. The monoisotopic (exact) mass is 383 g/mol. The van der Waals surface area contributed by atoms with Crippen molar-refractivity contribution in [3.63, 3.8) is 0 Å². The molecular weight excluding hydrogens is 361 g/mol. The van der Waals surface area contributed by atoms with Gasteiger partial charge in [-0.05, 0) is 56.3 Å². The van der Waals surface area contributed by atoms with Gasteiger partial charge in [0, 0.05) is 22.6 Å². The average Bonchev–Trinajstić information content (AvgIpc) is 3.00. The predicted octanol–water partition coefficient (Wildman–Crippen LogP) is 4.51. The average molecular weight is 383 g/mol. The first-order valence-corrected chi connectivity index (χ1v) is 8.78. The molecule has 3 rings (SSSR count). The maximum Gasteiger partial charge on any atom is 0.203 e. The predicted molar refractivity (Wildman–Crippen MR) is 105 cm³/mol. The third-order valence-electron chi connectivity index (χ3n) is 4.55. The molecule has 1 aromatic heterocycles. The van der Waals surface area contributed by atoms with Crippen molar-refractivity contribution in [2.45, 2.75) is 13.8 Å². The molecule has 28 heavy (non-hydrogen) atoms. The molecule has 0 N–H and O–H groups in total. The molecule has 146 valence electrons. The molecule has 5 nitrogen and oxygen atoms in total. The zero-order chi connectivity index (χ0) is 20.3. The second-order valence-corrected chi connectivity index (χ2v) is 6.30. The van der Waals surface area contributed by atoms with Crippen molar-refractivity contribution in [1.29, 1.82) is 0 Å². The van der Waals surface area contributed by atoms with Gasteiger partial charge in [0.25, 0.3) is 0 Å². The molecule has 0 atom stereocenters. The summed E-state index contributed by atoms with van der Waals surface area (Å²) in [6.07, 6.45) is 0. The minimum atomic E-state index is -0.304. The maximum absolute atomic E-state index is 13.2. The minimum Gasteiger partial charge on any atom is -0.493 e. The van der Waals surface area contributed by atoms with E-state index in [0.29, 0.717) is 22.8 Å². The van der Waals surface area contributed by atoms with Gasteiger partial charge in [-0.3, -0.25) is 4.79 Å². The topological polar surface area (TPSA) is 49.7 Å². The van der Waals surface area contributed by atoms with Gasteiger partial charge in [-0.25, -0.2) is 4.39 Å². The summed E-state index contributed by atoms with van der Waals surface area (Å²) in [6.45, 7) is 3.59. The van der Waals surface area contributed by atoms with Crippen LogP contribution in [0.3, 0.4) is 0 Å². The number of hydrogen-bond acceptors (Lipinski definition) is 4. The quantitative estimate of drug-likeness (QED) is 0.563. The zero-order valence-electron chi connectivity index (χ0n) is 16.3. The van der Waals surface area contributed by atoms with E-state index in [1.807, 2.05) is 24.5 Å². The number of carbonyl (C=O) groups excluding carboxylic acids is 1. The van der Waals surface area contributed by atoms with E-state index in [1.54, 1.807) is 30.3 Å². The molecule has 0 aliphatic rings. The number of aryl methyl sites for hydroxylation is 1. The molecule has 0 saturated heterocycles. The van der Waals surface area contributed by atoms with Gasteiger partial charge < -0.3 is 18.8 Å². The molecule has 0 saturated carbocycles. The smallest absolute Gasteiger partial charge is 0.203 e. The fourth-order valence-electron chi connectivity index (χ4n) is 3.21. The molecule has 0 radical (unpaired) electrons. The van der Waals surface area contributed by atoms with Gasteiger partial charge >= 0.3 is 0 Å². The van der Waals surface area contributed by atoms with Gasteiger partial charge in [-0.15, -0.1) is 0 Å². The number of benzene rings is 2. The largest absolute Gasteiger partial charge is 0.493 e. The second kappa shape index (κ2) is 8.17. The first-order valence-electron chi connectivity index (χ1n) is 8.78. The lowest BCUT2D eigenvalue weighted by Gasteiger charge is -2.14. The van der Waals surface area contributed by atoms with Gasteiger partial charge in [0.1, 0.15) is 5.82 Å². The Balaban J connectivity index is 1.85. The van der Waals surface area contributed by atoms with Crippen LogP contribution < -0.4 is 14.2 Å². The SMILES string of the molecule is COc1cccc(OC)c1OCC(=O)c1cc(C)n(-c2ccc(F)cc2)c1C. The van der Waals surface area contributed by atoms with Crippen molar-refractivity contribution in [2.75, 3.05) is 20.8 Å². The molecule has 6 heteroatoms. The van der Waals surface area contributed by atoms with E-state index in [9.17, 15) is 9.18 Å². The number of ketones is 1. The number of rotatable bonds is 7. The van der Waals surface area contributed by atoms with Crippen molar-refractivity contribution in [3.05, 3.63) is 71.3 Å². The molecule has 0 fully saturated rings. The number of Topliss-reactive ketones (excluding diaryl/α,β-unsaturated/α-hetero) is 1. The highest BCUT2D eigenvalue weighted by atomic mass is 19.1. The van der Waals surface area contributed by atoms with Crippen molar-refractivity contribution in [1.82, 2.24) is 4.57 Å². The van der Waals surface area contributed by atoms with Crippen LogP contribution in [0.1, 0.15) is 21.7 Å². The van der Waals surface area contributed by atoms with Crippen LogP contribution in [-0.4, -0.2) is 31.2 Å². The molecule has 0 unspecified atom stereocenters. The van der Waals surface area contributed by atoms with E-state index in [-0.39, 0.29) is 18.2 Å². The summed E-state index contributed by atoms with van der Waals surface area (Å²) in [5, 5.41) is 0. The molecule has 3 aromatic rings. The Morgan fingerprint density at radius 2 is 1.61 bits per heavy atom. The Morgan fingerprint density at radius 1 is 1.00 bits per heavy atom. The lowest BCUT2D eigenvalue weighted by molar-refractivity contribution is 0.0916. The number of aromatic nitrogens is 1. The van der Waals surface area contributed by atoms with Crippen LogP contribution in [0.5, 0.6) is 17.2 Å². The summed E-state index contributed by atoms with van der Waals surface area (Å²) < 4.78 is 31.4. The Kier molecular flexibility index (Phi) is 5.68. The normalized spacial score (nSPS) is 10.6. The molecule has 1 heterocycles. The highest BCUT2D eigenvalue weighted by molar-refractivity contribution is 5.98. The van der Waals surface area contributed by atoms with Gasteiger partial charge in [0.2, 0.25) is 11.5 Å². The van der Waals surface area contributed by atoms with E-state index in [4.69, 9.17) is 14.2 Å². The van der Waals surface area contributed by atoms with Gasteiger partial charge in [-0.2, -0.15) is 0 Å². The van der Waals surface area contributed by atoms with Crippen LogP contribution in [0.2, 0.25) is 0 Å². The number of methoxy groups -OCH3 is 2. The first kappa shape index (κ1) is 19.5. The highest BCUT2D eigenvalue weighted by Gasteiger charge is 2.19. The van der Waals surface area contributed by atoms with E-state index in [1.165, 1.54) is 26.4 Å². The van der Waals surface area contributed by atoms with Crippen LogP contribution in [0, 0.1) is 19.7 Å². The van der Waals surface area contributed by atoms with E-state index in [2.05, 4.69) is 0 Å². The van der Waals surface area contributed by atoms with Crippen LogP contribution >= 0.6 is 0 Å². The Hall–Kier alpha value is -3.28. The number of carbonyl (C=O) groups is 1. The number of para-hydroxylation sites is 1. The minimum absolute atomic E-state index is 0.162. The van der Waals surface area contributed by atoms with E-state index < -0.39 is 0 Å². The van der Waals surface area contributed by atoms with Gasteiger partial charge in [0.15, 0.2) is 18.1 Å². The fraction of sp³-hybridized carbons (Fsp3) is 0.227. The lowest BCUT2D eigenvalue weighted by atomic mass is 10.1. The summed E-state index contributed by atoms with van der Waals surface area (Å²) in [4.78, 5) is 12.8.